The number of ketones is 1. The highest BCUT2D eigenvalue weighted by atomic mass is 16.6. The van der Waals surface area contributed by atoms with E-state index in [0.29, 0.717) is 52.7 Å². The van der Waals surface area contributed by atoms with E-state index in [1.54, 1.807) is 7.11 Å². The highest BCUT2D eigenvalue weighted by molar-refractivity contribution is 5.83. The molecular formula is C15H30O5. The van der Waals surface area contributed by atoms with E-state index >= 15 is 0 Å². The molecule has 0 aliphatic carbocycles. The molecule has 0 aliphatic heterocycles. The Morgan fingerprint density at radius 1 is 0.800 bits per heavy atom. The standard InChI is InChI=1S/C15H30O5/c1-15(2,3)14(16)6-5-7-18-10-11-20-13-12-19-9-8-17-4/h5-13H2,1-4H3. The van der Waals surface area contributed by atoms with Gasteiger partial charge in [0, 0.05) is 25.6 Å². The number of hydrogen-bond acceptors (Lipinski definition) is 5. The van der Waals surface area contributed by atoms with Crippen LogP contribution in [0.5, 0.6) is 0 Å². The quantitative estimate of drug-likeness (QED) is 0.486. The maximum Gasteiger partial charge on any atom is 0.138 e. The van der Waals surface area contributed by atoms with Gasteiger partial charge in [-0.05, 0) is 6.42 Å². The third-order valence-electron chi connectivity index (χ3n) is 2.70. The summed E-state index contributed by atoms with van der Waals surface area (Å²) in [6.07, 6.45) is 1.36. The number of carbonyl (C=O) groups is 1. The first-order valence-electron chi connectivity index (χ1n) is 7.24. The van der Waals surface area contributed by atoms with Crippen molar-refractivity contribution >= 4 is 5.78 Å². The summed E-state index contributed by atoms with van der Waals surface area (Å²) in [4.78, 5) is 11.6. The molecule has 0 N–H and O–H groups in total. The Labute approximate surface area is 122 Å². The zero-order chi connectivity index (χ0) is 15.3. The summed E-state index contributed by atoms with van der Waals surface area (Å²) in [5.74, 6) is 0.283. The highest BCUT2D eigenvalue weighted by Gasteiger charge is 2.19. The summed E-state index contributed by atoms with van der Waals surface area (Å²) in [5, 5.41) is 0. The molecule has 0 saturated carbocycles. The monoisotopic (exact) mass is 290 g/mol. The average molecular weight is 290 g/mol. The fourth-order valence-corrected chi connectivity index (χ4v) is 1.39. The van der Waals surface area contributed by atoms with Crippen molar-refractivity contribution in [2.24, 2.45) is 5.41 Å². The lowest BCUT2D eigenvalue weighted by atomic mass is 9.88. The van der Waals surface area contributed by atoms with Crippen LogP contribution in [0.15, 0.2) is 0 Å². The van der Waals surface area contributed by atoms with Gasteiger partial charge in [-0.1, -0.05) is 20.8 Å². The molecular weight excluding hydrogens is 260 g/mol. The molecule has 0 aromatic heterocycles. The van der Waals surface area contributed by atoms with Crippen molar-refractivity contribution in [3.63, 3.8) is 0 Å². The molecule has 0 fully saturated rings. The third kappa shape index (κ3) is 12.5. The van der Waals surface area contributed by atoms with Gasteiger partial charge in [0.2, 0.25) is 0 Å². The Hall–Kier alpha value is -0.490. The van der Waals surface area contributed by atoms with Gasteiger partial charge in [-0.2, -0.15) is 0 Å². The SMILES string of the molecule is COCCOCCOCCOCCCC(=O)C(C)(C)C. The van der Waals surface area contributed by atoms with Crippen molar-refractivity contribution in [2.75, 3.05) is 53.4 Å². The lowest BCUT2D eigenvalue weighted by Crippen LogP contribution is -2.20. The minimum absolute atomic E-state index is 0.244. The summed E-state index contributed by atoms with van der Waals surface area (Å²) >= 11 is 0. The van der Waals surface area contributed by atoms with Crippen LogP contribution in [0, 0.1) is 5.41 Å². The minimum atomic E-state index is -0.244. The second kappa shape index (κ2) is 12.3. The third-order valence-corrected chi connectivity index (χ3v) is 2.70. The molecule has 0 saturated heterocycles. The predicted molar refractivity (Wildman–Crippen MR) is 78.0 cm³/mol. The summed E-state index contributed by atoms with van der Waals surface area (Å²) in [7, 11) is 1.65. The van der Waals surface area contributed by atoms with Gasteiger partial charge >= 0.3 is 0 Å². The molecule has 5 nitrogen and oxygen atoms in total. The van der Waals surface area contributed by atoms with E-state index in [4.69, 9.17) is 18.9 Å². The van der Waals surface area contributed by atoms with Gasteiger partial charge in [-0.15, -0.1) is 0 Å². The van der Waals surface area contributed by atoms with Crippen LogP contribution in [0.25, 0.3) is 0 Å². The van der Waals surface area contributed by atoms with Gasteiger partial charge in [0.05, 0.1) is 39.6 Å². The molecule has 20 heavy (non-hydrogen) atoms. The largest absolute Gasteiger partial charge is 0.382 e. The van der Waals surface area contributed by atoms with Crippen molar-refractivity contribution in [3.8, 4) is 0 Å². The topological polar surface area (TPSA) is 54.0 Å². The lowest BCUT2D eigenvalue weighted by Gasteiger charge is -2.16. The van der Waals surface area contributed by atoms with Crippen molar-refractivity contribution in [3.05, 3.63) is 0 Å². The van der Waals surface area contributed by atoms with Gasteiger partial charge in [-0.25, -0.2) is 0 Å². The van der Waals surface area contributed by atoms with E-state index in [2.05, 4.69) is 0 Å². The maximum atomic E-state index is 11.6. The van der Waals surface area contributed by atoms with Gasteiger partial charge in [0.25, 0.3) is 0 Å². The molecule has 5 heteroatoms. The van der Waals surface area contributed by atoms with Crippen LogP contribution >= 0.6 is 0 Å². The summed E-state index contributed by atoms with van der Waals surface area (Å²) in [6.45, 7) is 9.89. The molecule has 0 rings (SSSR count). The lowest BCUT2D eigenvalue weighted by molar-refractivity contribution is -0.126. The van der Waals surface area contributed by atoms with Gasteiger partial charge in [-0.3, -0.25) is 4.79 Å². The van der Waals surface area contributed by atoms with Crippen LogP contribution < -0.4 is 0 Å². The molecule has 0 aromatic rings. The van der Waals surface area contributed by atoms with E-state index in [1.165, 1.54) is 0 Å². The zero-order valence-electron chi connectivity index (χ0n) is 13.4. The molecule has 0 aromatic carbocycles. The first kappa shape index (κ1) is 19.5. The molecule has 0 spiro atoms. The normalized spacial score (nSPS) is 11.8. The molecule has 0 amide bonds. The predicted octanol–water partition coefficient (Wildman–Crippen LogP) is 2.08. The van der Waals surface area contributed by atoms with Crippen LogP contribution in [0.1, 0.15) is 33.6 Å². The number of Topliss-reactive ketones (excluding diaryl/α,β-unsaturated/α-hetero) is 1. The Balaban J connectivity index is 3.16. The summed E-state index contributed by atoms with van der Waals surface area (Å²) < 4.78 is 20.8. The average Bonchev–Trinajstić information content (AvgIpc) is 2.38. The fraction of sp³-hybridized carbons (Fsp3) is 0.933. The van der Waals surface area contributed by atoms with Crippen LogP contribution in [0.4, 0.5) is 0 Å². The summed E-state index contributed by atoms with van der Waals surface area (Å²) in [6, 6.07) is 0. The van der Waals surface area contributed by atoms with Crippen molar-refractivity contribution in [1.29, 1.82) is 0 Å². The molecule has 0 bridgehead atoms. The van der Waals surface area contributed by atoms with Crippen LogP contribution in [-0.2, 0) is 23.7 Å². The smallest absolute Gasteiger partial charge is 0.138 e. The van der Waals surface area contributed by atoms with E-state index in [0.717, 1.165) is 6.42 Å². The first-order valence-corrected chi connectivity index (χ1v) is 7.24. The van der Waals surface area contributed by atoms with Crippen LogP contribution in [0.3, 0.4) is 0 Å². The molecule has 0 atom stereocenters. The van der Waals surface area contributed by atoms with E-state index in [1.807, 2.05) is 20.8 Å². The number of ether oxygens (including phenoxy) is 4. The second-order valence-corrected chi connectivity index (χ2v) is 5.61. The molecule has 0 radical (unpaired) electrons. The van der Waals surface area contributed by atoms with Gasteiger partial charge in [0.15, 0.2) is 0 Å². The Morgan fingerprint density at radius 2 is 1.25 bits per heavy atom. The van der Waals surface area contributed by atoms with Crippen molar-refractivity contribution in [1.82, 2.24) is 0 Å². The van der Waals surface area contributed by atoms with E-state index < -0.39 is 0 Å². The Morgan fingerprint density at radius 3 is 1.70 bits per heavy atom. The minimum Gasteiger partial charge on any atom is -0.382 e. The van der Waals surface area contributed by atoms with Crippen molar-refractivity contribution in [2.45, 2.75) is 33.6 Å². The zero-order valence-corrected chi connectivity index (χ0v) is 13.4. The molecule has 0 heterocycles. The second-order valence-electron chi connectivity index (χ2n) is 5.61. The van der Waals surface area contributed by atoms with Crippen LogP contribution in [0.2, 0.25) is 0 Å². The highest BCUT2D eigenvalue weighted by Crippen LogP contribution is 2.17. The number of hydrogen-bond donors (Lipinski definition) is 0. The number of rotatable bonds is 13. The fourth-order valence-electron chi connectivity index (χ4n) is 1.39. The number of carbonyl (C=O) groups excluding carboxylic acids is 1. The van der Waals surface area contributed by atoms with Crippen molar-refractivity contribution < 1.29 is 23.7 Å². The van der Waals surface area contributed by atoms with Gasteiger partial charge < -0.3 is 18.9 Å². The molecule has 0 aliphatic rings. The first-order chi connectivity index (χ1) is 9.48. The maximum absolute atomic E-state index is 11.6. The van der Waals surface area contributed by atoms with Gasteiger partial charge in [0.1, 0.15) is 5.78 Å². The summed E-state index contributed by atoms with van der Waals surface area (Å²) in [5.41, 5.74) is -0.244. The van der Waals surface area contributed by atoms with E-state index in [-0.39, 0.29) is 11.2 Å². The van der Waals surface area contributed by atoms with E-state index in [9.17, 15) is 4.79 Å². The van der Waals surface area contributed by atoms with Crippen LogP contribution in [-0.4, -0.2) is 59.1 Å². The molecule has 120 valence electrons. The Bertz CT molecular complexity index is 235. The number of methoxy groups -OCH3 is 1. The molecule has 0 unspecified atom stereocenters. The Kier molecular flexibility index (Phi) is 12.0.